The Labute approximate surface area is 207 Å². The molecule has 2 aliphatic rings. The van der Waals surface area contributed by atoms with Crippen molar-refractivity contribution in [2.75, 3.05) is 11.5 Å². The lowest BCUT2D eigenvalue weighted by molar-refractivity contribution is -0.127. The third kappa shape index (κ3) is 4.83. The molecular weight excluding hydrogens is 444 g/mol. The Hall–Kier alpha value is -3.16. The number of hydrogen-bond donors (Lipinski definition) is 1. The maximum atomic E-state index is 13.9. The second-order valence-corrected chi connectivity index (χ2v) is 9.94. The molecule has 1 atom stereocenters. The van der Waals surface area contributed by atoms with Gasteiger partial charge in [-0.05, 0) is 57.7 Å². The van der Waals surface area contributed by atoms with Crippen LogP contribution in [0.3, 0.4) is 0 Å². The Kier molecular flexibility index (Phi) is 7.28. The van der Waals surface area contributed by atoms with Gasteiger partial charge in [-0.2, -0.15) is 5.10 Å². The highest BCUT2D eigenvalue weighted by Crippen LogP contribution is 2.36. The normalized spacial score (nSPS) is 21.1. The molecule has 0 bridgehead atoms. The van der Waals surface area contributed by atoms with Crippen molar-refractivity contribution >= 4 is 23.5 Å². The third-order valence-corrected chi connectivity index (χ3v) is 7.38. The lowest BCUT2D eigenvalue weighted by Crippen LogP contribution is -2.65. The van der Waals surface area contributed by atoms with Gasteiger partial charge in [0, 0.05) is 17.8 Å². The molecule has 1 saturated carbocycles. The van der Waals surface area contributed by atoms with Crippen molar-refractivity contribution in [1.82, 2.24) is 15.1 Å². The van der Waals surface area contributed by atoms with Crippen LogP contribution in [0.15, 0.2) is 24.3 Å². The van der Waals surface area contributed by atoms with E-state index in [-0.39, 0.29) is 42.4 Å². The molecule has 188 valence electrons. The van der Waals surface area contributed by atoms with E-state index in [9.17, 15) is 14.4 Å². The predicted octanol–water partition coefficient (Wildman–Crippen LogP) is 4.32. The van der Waals surface area contributed by atoms with E-state index < -0.39 is 11.5 Å². The van der Waals surface area contributed by atoms with Crippen molar-refractivity contribution < 1.29 is 19.1 Å². The summed E-state index contributed by atoms with van der Waals surface area (Å²) in [5.74, 6) is -1.14. The summed E-state index contributed by atoms with van der Waals surface area (Å²) in [5, 5.41) is 7.62. The number of carbonyl (C=O) groups is 3. The molecule has 1 aromatic heterocycles. The summed E-state index contributed by atoms with van der Waals surface area (Å²) in [4.78, 5) is 41.8. The fourth-order valence-corrected chi connectivity index (χ4v) is 5.18. The van der Waals surface area contributed by atoms with E-state index in [1.807, 2.05) is 32.0 Å². The predicted molar refractivity (Wildman–Crippen MR) is 134 cm³/mol. The van der Waals surface area contributed by atoms with E-state index >= 15 is 0 Å². The van der Waals surface area contributed by atoms with Crippen LogP contribution < -0.4 is 10.2 Å². The number of carbonyl (C=O) groups excluding carboxylic acids is 3. The molecule has 2 aromatic rings. The molecule has 1 N–H and O–H groups in total. The smallest absolute Gasteiger partial charge is 0.358 e. The highest BCUT2D eigenvalue weighted by atomic mass is 16.5. The Morgan fingerprint density at radius 2 is 1.83 bits per heavy atom. The number of rotatable bonds is 5. The first-order valence-electron chi connectivity index (χ1n) is 12.7. The maximum absolute atomic E-state index is 13.9. The van der Waals surface area contributed by atoms with Crippen molar-refractivity contribution in [2.24, 2.45) is 0 Å². The molecule has 0 unspecified atom stereocenters. The second-order valence-electron chi connectivity index (χ2n) is 9.94. The number of aromatic nitrogens is 2. The van der Waals surface area contributed by atoms with Gasteiger partial charge in [-0.25, -0.2) is 4.79 Å². The fraction of sp³-hybridized carbons (Fsp3) is 0.556. The molecule has 8 nitrogen and oxygen atoms in total. The van der Waals surface area contributed by atoms with Crippen LogP contribution in [0.5, 0.6) is 0 Å². The second kappa shape index (κ2) is 10.2. The average Bonchev–Trinajstić information content (AvgIpc) is 3.22. The first kappa shape index (κ1) is 24.9. The van der Waals surface area contributed by atoms with Crippen LogP contribution in [0.1, 0.15) is 90.9 Å². The van der Waals surface area contributed by atoms with Crippen LogP contribution in [-0.4, -0.2) is 45.8 Å². The zero-order valence-electron chi connectivity index (χ0n) is 21.2. The van der Waals surface area contributed by atoms with E-state index in [0.29, 0.717) is 5.69 Å². The molecule has 2 heterocycles. The standard InChI is InChI=1S/C27H36N4O4/c1-5-35-25(33)21-16-23-24(32)31(22-15-11-12-18(2)19(22)3)27(4,17-30(23)29-21)26(34)28-20-13-9-7-6-8-10-14-20/h11-12,15-16,20H,5-10,13-14,17H2,1-4H3,(H,28,34)/t27-/m0/s1. The van der Waals surface area contributed by atoms with E-state index in [2.05, 4.69) is 10.4 Å². The van der Waals surface area contributed by atoms with Gasteiger partial charge < -0.3 is 10.1 Å². The van der Waals surface area contributed by atoms with Crippen LogP contribution in [0.4, 0.5) is 5.69 Å². The van der Waals surface area contributed by atoms with Gasteiger partial charge in [-0.15, -0.1) is 0 Å². The van der Waals surface area contributed by atoms with Gasteiger partial charge in [0.25, 0.3) is 5.91 Å². The zero-order valence-corrected chi connectivity index (χ0v) is 21.2. The van der Waals surface area contributed by atoms with Gasteiger partial charge in [-0.1, -0.05) is 44.2 Å². The lowest BCUT2D eigenvalue weighted by Gasteiger charge is -2.44. The highest BCUT2D eigenvalue weighted by molar-refractivity contribution is 6.12. The molecule has 0 spiro atoms. The number of anilines is 1. The van der Waals surface area contributed by atoms with E-state index in [1.54, 1.807) is 18.7 Å². The fourth-order valence-electron chi connectivity index (χ4n) is 5.18. The first-order chi connectivity index (χ1) is 16.8. The minimum atomic E-state index is -1.22. The number of esters is 1. The zero-order chi connectivity index (χ0) is 25.2. The Morgan fingerprint density at radius 1 is 1.14 bits per heavy atom. The van der Waals surface area contributed by atoms with Crippen LogP contribution >= 0.6 is 0 Å². The van der Waals surface area contributed by atoms with Crippen LogP contribution in [0.2, 0.25) is 0 Å². The van der Waals surface area contributed by atoms with Crippen LogP contribution in [-0.2, 0) is 16.1 Å². The van der Waals surface area contributed by atoms with Gasteiger partial charge in [-0.3, -0.25) is 19.2 Å². The summed E-state index contributed by atoms with van der Waals surface area (Å²) in [7, 11) is 0. The van der Waals surface area contributed by atoms with Crippen LogP contribution in [0, 0.1) is 13.8 Å². The topological polar surface area (TPSA) is 93.5 Å². The Balaban J connectivity index is 1.75. The summed E-state index contributed by atoms with van der Waals surface area (Å²) >= 11 is 0. The molecule has 1 fully saturated rings. The number of aryl methyl sites for hydroxylation is 1. The van der Waals surface area contributed by atoms with Crippen molar-refractivity contribution in [3.8, 4) is 0 Å². The number of nitrogens with zero attached hydrogens (tertiary/aromatic N) is 3. The van der Waals surface area contributed by atoms with Gasteiger partial charge in [0.1, 0.15) is 11.2 Å². The SMILES string of the molecule is CCOC(=O)c1cc2n(n1)C[C@@](C)(C(=O)NC1CCCCCCC1)N(c1cccc(C)c1C)C2=O. The van der Waals surface area contributed by atoms with Gasteiger partial charge in [0.15, 0.2) is 5.69 Å². The minimum Gasteiger partial charge on any atom is -0.461 e. The van der Waals surface area contributed by atoms with Crippen molar-refractivity contribution in [3.63, 3.8) is 0 Å². The van der Waals surface area contributed by atoms with E-state index in [0.717, 1.165) is 36.8 Å². The van der Waals surface area contributed by atoms with Crippen molar-refractivity contribution in [2.45, 2.75) is 90.8 Å². The summed E-state index contributed by atoms with van der Waals surface area (Å²) in [5.41, 5.74) is 1.78. The molecule has 1 aliphatic carbocycles. The van der Waals surface area contributed by atoms with Gasteiger partial charge >= 0.3 is 5.97 Å². The summed E-state index contributed by atoms with van der Waals surface area (Å²) in [6, 6.07) is 7.31. The molecule has 8 heteroatoms. The largest absolute Gasteiger partial charge is 0.461 e. The minimum absolute atomic E-state index is 0.0702. The lowest BCUT2D eigenvalue weighted by atomic mass is 9.91. The first-order valence-corrected chi connectivity index (χ1v) is 12.7. The number of hydrogen-bond acceptors (Lipinski definition) is 5. The average molecular weight is 481 g/mol. The van der Waals surface area contributed by atoms with E-state index in [4.69, 9.17) is 4.74 Å². The molecule has 2 amide bonds. The van der Waals surface area contributed by atoms with E-state index in [1.165, 1.54) is 30.0 Å². The summed E-state index contributed by atoms with van der Waals surface area (Å²) < 4.78 is 6.57. The number of fused-ring (bicyclic) bond motifs is 1. The third-order valence-electron chi connectivity index (χ3n) is 7.38. The Morgan fingerprint density at radius 3 is 2.51 bits per heavy atom. The molecule has 4 rings (SSSR count). The molecule has 0 radical (unpaired) electrons. The van der Waals surface area contributed by atoms with Crippen molar-refractivity contribution in [3.05, 3.63) is 46.8 Å². The molecule has 35 heavy (non-hydrogen) atoms. The molecule has 1 aromatic carbocycles. The monoisotopic (exact) mass is 480 g/mol. The molecular formula is C27H36N4O4. The summed E-state index contributed by atoms with van der Waals surface area (Å²) in [6.07, 6.45) is 7.69. The van der Waals surface area contributed by atoms with Gasteiger partial charge in [0.05, 0.1) is 13.2 Å². The van der Waals surface area contributed by atoms with Gasteiger partial charge in [0.2, 0.25) is 5.91 Å². The number of benzene rings is 1. The maximum Gasteiger partial charge on any atom is 0.358 e. The quantitative estimate of drug-likeness (QED) is 0.643. The molecule has 0 saturated heterocycles. The number of ether oxygens (including phenoxy) is 1. The molecule has 1 aliphatic heterocycles. The van der Waals surface area contributed by atoms with Crippen molar-refractivity contribution in [1.29, 1.82) is 0 Å². The highest BCUT2D eigenvalue weighted by Gasteiger charge is 2.50. The number of nitrogens with one attached hydrogen (secondary N) is 1. The van der Waals surface area contributed by atoms with Crippen LogP contribution in [0.25, 0.3) is 0 Å². The summed E-state index contributed by atoms with van der Waals surface area (Å²) in [6.45, 7) is 7.81. The number of amides is 2. The Bertz CT molecular complexity index is 1120.